The predicted molar refractivity (Wildman–Crippen MR) is 81.0 cm³/mol. The normalized spacial score (nSPS) is 16.1. The van der Waals surface area contributed by atoms with Gasteiger partial charge in [-0.15, -0.1) is 0 Å². The summed E-state index contributed by atoms with van der Waals surface area (Å²) in [5.41, 5.74) is 6.20. The van der Waals surface area contributed by atoms with E-state index in [9.17, 15) is 0 Å². The van der Waals surface area contributed by atoms with Crippen molar-refractivity contribution in [3.63, 3.8) is 0 Å². The predicted octanol–water partition coefficient (Wildman–Crippen LogP) is 2.57. The Morgan fingerprint density at radius 1 is 1.05 bits per heavy atom. The van der Waals surface area contributed by atoms with Crippen LogP contribution in [0.5, 0.6) is 0 Å². The molecule has 0 bridgehead atoms. The first kappa shape index (κ1) is 12.4. The molecule has 1 N–H and O–H groups in total. The monoisotopic (exact) mass is 255 g/mol. The van der Waals surface area contributed by atoms with Crippen LogP contribution >= 0.6 is 0 Å². The second-order valence-electron chi connectivity index (χ2n) is 5.50. The first-order valence-electron chi connectivity index (χ1n) is 6.99. The smallest absolute Gasteiger partial charge is 0.0731 e. The van der Waals surface area contributed by atoms with E-state index in [1.165, 1.54) is 22.2 Å². The summed E-state index contributed by atoms with van der Waals surface area (Å²) in [4.78, 5) is 7.19. The third kappa shape index (κ3) is 2.30. The Bertz CT molecular complexity index is 608. The van der Waals surface area contributed by atoms with Crippen molar-refractivity contribution in [2.75, 3.05) is 31.1 Å². The number of pyridine rings is 1. The fourth-order valence-electron chi connectivity index (χ4n) is 3.01. The van der Waals surface area contributed by atoms with E-state index < -0.39 is 0 Å². The van der Waals surface area contributed by atoms with Crippen LogP contribution in [0.25, 0.3) is 10.9 Å². The van der Waals surface area contributed by atoms with Gasteiger partial charge in [-0.3, -0.25) is 4.98 Å². The number of piperazine rings is 1. The number of aryl methyl sites for hydroxylation is 3. The Morgan fingerprint density at radius 3 is 2.53 bits per heavy atom. The molecule has 1 aromatic carbocycles. The van der Waals surface area contributed by atoms with Gasteiger partial charge in [0.25, 0.3) is 0 Å². The standard InChI is InChI=1S/C16H21N3/c1-11-8-12(2)16-14(9-11)18-13(3)10-15(16)19-6-4-17-5-7-19/h8-10,17H,4-7H2,1-3H3. The molecule has 0 amide bonds. The van der Waals surface area contributed by atoms with Gasteiger partial charge in [0.05, 0.1) is 5.52 Å². The van der Waals surface area contributed by atoms with Gasteiger partial charge in [0, 0.05) is 42.9 Å². The molecule has 100 valence electrons. The maximum atomic E-state index is 4.71. The van der Waals surface area contributed by atoms with E-state index in [0.717, 1.165) is 37.4 Å². The van der Waals surface area contributed by atoms with Crippen molar-refractivity contribution in [2.24, 2.45) is 0 Å². The summed E-state index contributed by atoms with van der Waals surface area (Å²) in [7, 11) is 0. The molecule has 3 rings (SSSR count). The van der Waals surface area contributed by atoms with E-state index >= 15 is 0 Å². The maximum Gasteiger partial charge on any atom is 0.0731 e. The number of hydrogen-bond donors (Lipinski definition) is 1. The molecule has 0 saturated carbocycles. The highest BCUT2D eigenvalue weighted by atomic mass is 15.2. The van der Waals surface area contributed by atoms with Crippen molar-refractivity contribution in [1.29, 1.82) is 0 Å². The molecule has 0 aliphatic carbocycles. The molecule has 19 heavy (non-hydrogen) atoms. The second kappa shape index (κ2) is 4.82. The summed E-state index contributed by atoms with van der Waals surface area (Å²) in [5.74, 6) is 0. The summed E-state index contributed by atoms with van der Waals surface area (Å²) >= 11 is 0. The van der Waals surface area contributed by atoms with Gasteiger partial charge in [-0.05, 0) is 44.0 Å². The lowest BCUT2D eigenvalue weighted by Crippen LogP contribution is -2.43. The minimum absolute atomic E-state index is 1.06. The van der Waals surface area contributed by atoms with Gasteiger partial charge in [0.1, 0.15) is 0 Å². The molecule has 0 atom stereocenters. The number of fused-ring (bicyclic) bond motifs is 1. The quantitative estimate of drug-likeness (QED) is 0.849. The van der Waals surface area contributed by atoms with Crippen LogP contribution in [0.1, 0.15) is 16.8 Å². The Labute approximate surface area is 114 Å². The molecular weight excluding hydrogens is 234 g/mol. The summed E-state index contributed by atoms with van der Waals surface area (Å²) in [6, 6.07) is 6.68. The van der Waals surface area contributed by atoms with Crippen LogP contribution < -0.4 is 10.2 Å². The van der Waals surface area contributed by atoms with Crippen molar-refractivity contribution in [3.8, 4) is 0 Å². The second-order valence-corrected chi connectivity index (χ2v) is 5.50. The number of rotatable bonds is 1. The number of benzene rings is 1. The molecule has 2 aromatic rings. The average molecular weight is 255 g/mol. The van der Waals surface area contributed by atoms with E-state index in [1.807, 2.05) is 0 Å². The Kier molecular flexibility index (Phi) is 3.15. The van der Waals surface area contributed by atoms with Crippen LogP contribution in [0.3, 0.4) is 0 Å². The van der Waals surface area contributed by atoms with E-state index in [4.69, 9.17) is 4.98 Å². The molecule has 1 aliphatic rings. The average Bonchev–Trinajstić information content (AvgIpc) is 2.38. The molecule has 1 fully saturated rings. The van der Waals surface area contributed by atoms with Crippen LogP contribution in [0.15, 0.2) is 18.2 Å². The molecular formula is C16H21N3. The number of aromatic nitrogens is 1. The van der Waals surface area contributed by atoms with Gasteiger partial charge in [-0.2, -0.15) is 0 Å². The lowest BCUT2D eigenvalue weighted by molar-refractivity contribution is 0.590. The van der Waals surface area contributed by atoms with Gasteiger partial charge < -0.3 is 10.2 Å². The first-order chi connectivity index (χ1) is 9.15. The molecule has 0 unspecified atom stereocenters. The molecule has 3 heteroatoms. The number of nitrogens with one attached hydrogen (secondary N) is 1. The molecule has 0 spiro atoms. The van der Waals surface area contributed by atoms with Gasteiger partial charge in [0.2, 0.25) is 0 Å². The third-order valence-electron chi connectivity index (χ3n) is 3.82. The van der Waals surface area contributed by atoms with Crippen LogP contribution in [-0.4, -0.2) is 31.2 Å². The highest BCUT2D eigenvalue weighted by molar-refractivity contribution is 5.95. The highest BCUT2D eigenvalue weighted by Crippen LogP contribution is 2.30. The van der Waals surface area contributed by atoms with Crippen LogP contribution in [0, 0.1) is 20.8 Å². The fraction of sp³-hybridized carbons (Fsp3) is 0.438. The van der Waals surface area contributed by atoms with Gasteiger partial charge in [-0.25, -0.2) is 0 Å². The topological polar surface area (TPSA) is 28.2 Å². The highest BCUT2D eigenvalue weighted by Gasteiger charge is 2.15. The zero-order valence-corrected chi connectivity index (χ0v) is 12.0. The summed E-state index contributed by atoms with van der Waals surface area (Å²) in [6.45, 7) is 10.7. The van der Waals surface area contributed by atoms with Crippen LogP contribution in [0.4, 0.5) is 5.69 Å². The Hall–Kier alpha value is -1.61. The first-order valence-corrected chi connectivity index (χ1v) is 6.99. The van der Waals surface area contributed by atoms with Crippen LogP contribution in [0.2, 0.25) is 0 Å². The molecule has 1 saturated heterocycles. The van der Waals surface area contributed by atoms with Crippen molar-refractivity contribution in [2.45, 2.75) is 20.8 Å². The van der Waals surface area contributed by atoms with Crippen molar-refractivity contribution in [1.82, 2.24) is 10.3 Å². The van der Waals surface area contributed by atoms with Crippen molar-refractivity contribution in [3.05, 3.63) is 35.0 Å². The fourth-order valence-corrected chi connectivity index (χ4v) is 3.01. The van der Waals surface area contributed by atoms with Gasteiger partial charge >= 0.3 is 0 Å². The molecule has 0 radical (unpaired) electrons. The minimum Gasteiger partial charge on any atom is -0.368 e. The lowest BCUT2D eigenvalue weighted by atomic mass is 10.0. The number of nitrogens with zero attached hydrogens (tertiary/aromatic N) is 2. The van der Waals surface area contributed by atoms with Crippen molar-refractivity contribution < 1.29 is 0 Å². The summed E-state index contributed by atoms with van der Waals surface area (Å²) < 4.78 is 0. The zero-order chi connectivity index (χ0) is 13.4. The van der Waals surface area contributed by atoms with E-state index in [1.54, 1.807) is 0 Å². The molecule has 1 aliphatic heterocycles. The van der Waals surface area contributed by atoms with Gasteiger partial charge in [-0.1, -0.05) is 6.07 Å². The Balaban J connectivity index is 2.22. The van der Waals surface area contributed by atoms with E-state index in [2.05, 4.69) is 49.2 Å². The number of hydrogen-bond acceptors (Lipinski definition) is 3. The van der Waals surface area contributed by atoms with E-state index in [-0.39, 0.29) is 0 Å². The lowest BCUT2D eigenvalue weighted by Gasteiger charge is -2.31. The molecule has 3 nitrogen and oxygen atoms in total. The zero-order valence-electron chi connectivity index (χ0n) is 12.0. The van der Waals surface area contributed by atoms with Gasteiger partial charge in [0.15, 0.2) is 0 Å². The number of anilines is 1. The largest absolute Gasteiger partial charge is 0.368 e. The van der Waals surface area contributed by atoms with Crippen LogP contribution in [-0.2, 0) is 0 Å². The Morgan fingerprint density at radius 2 is 1.79 bits per heavy atom. The molecule has 1 aromatic heterocycles. The van der Waals surface area contributed by atoms with E-state index in [0.29, 0.717) is 0 Å². The summed E-state index contributed by atoms with van der Waals surface area (Å²) in [5, 5.41) is 4.73. The summed E-state index contributed by atoms with van der Waals surface area (Å²) in [6.07, 6.45) is 0. The SMILES string of the molecule is Cc1cc(C)c2c(N3CCNCC3)cc(C)nc2c1. The third-order valence-corrected chi connectivity index (χ3v) is 3.82. The maximum absolute atomic E-state index is 4.71. The van der Waals surface area contributed by atoms with Crippen molar-refractivity contribution >= 4 is 16.6 Å². The minimum atomic E-state index is 1.06. The molecule has 2 heterocycles.